The number of benzene rings is 2. The van der Waals surface area contributed by atoms with Crippen LogP contribution >= 0.6 is 11.3 Å². The highest BCUT2D eigenvalue weighted by Crippen LogP contribution is 2.50. The number of nitrogens with one attached hydrogen (secondary N) is 1. The third kappa shape index (κ3) is 3.58. The Hall–Kier alpha value is -3.52. The number of piperidine rings is 1. The molecular formula is C26H22FN3O3S. The van der Waals surface area contributed by atoms with E-state index in [0.29, 0.717) is 52.2 Å². The fourth-order valence-electron chi connectivity index (χ4n) is 5.08. The zero-order valence-electron chi connectivity index (χ0n) is 18.5. The minimum absolute atomic E-state index is 0.0904. The number of carbonyl (C=O) groups is 2. The molecule has 8 heteroatoms. The van der Waals surface area contributed by atoms with Crippen molar-refractivity contribution in [3.05, 3.63) is 76.9 Å². The number of furan rings is 1. The minimum Gasteiger partial charge on any atom is -0.464 e. The number of aryl methyl sites for hydroxylation is 1. The lowest BCUT2D eigenvalue weighted by Gasteiger charge is -2.27. The summed E-state index contributed by atoms with van der Waals surface area (Å²) in [6.07, 6.45) is 2.63. The van der Waals surface area contributed by atoms with Crippen LogP contribution in [0.5, 0.6) is 0 Å². The molecule has 1 saturated carbocycles. The Bertz CT molecular complexity index is 1430. The summed E-state index contributed by atoms with van der Waals surface area (Å²) >= 11 is 1.39. The molecule has 1 N–H and O–H groups in total. The molecule has 2 aromatic carbocycles. The molecule has 6 rings (SSSR count). The first kappa shape index (κ1) is 21.0. The number of carbonyl (C=O) groups excluding carboxylic acids is 2. The molecule has 1 saturated heterocycles. The fraction of sp³-hybridized carbons (Fsp3) is 0.269. The lowest BCUT2D eigenvalue weighted by Crippen LogP contribution is -2.45. The first-order valence-corrected chi connectivity index (χ1v) is 12.1. The summed E-state index contributed by atoms with van der Waals surface area (Å²) in [6.45, 7) is 2.87. The molecule has 34 heavy (non-hydrogen) atoms. The van der Waals surface area contributed by atoms with Gasteiger partial charge in [0.15, 0.2) is 0 Å². The van der Waals surface area contributed by atoms with Gasteiger partial charge in [0.1, 0.15) is 17.1 Å². The Morgan fingerprint density at radius 2 is 2.09 bits per heavy atom. The van der Waals surface area contributed by atoms with Gasteiger partial charge in [-0.1, -0.05) is 18.2 Å². The molecule has 172 valence electrons. The van der Waals surface area contributed by atoms with Gasteiger partial charge in [-0.3, -0.25) is 9.59 Å². The highest BCUT2D eigenvalue weighted by atomic mass is 32.1. The number of fused-ring (bicyclic) bond motifs is 2. The molecule has 4 aromatic rings. The zero-order valence-corrected chi connectivity index (χ0v) is 19.3. The van der Waals surface area contributed by atoms with E-state index in [1.54, 1.807) is 36.6 Å². The van der Waals surface area contributed by atoms with Crippen LogP contribution < -0.4 is 5.32 Å². The van der Waals surface area contributed by atoms with Crippen molar-refractivity contribution in [1.29, 1.82) is 0 Å². The average Bonchev–Trinajstić information content (AvgIpc) is 3.16. The SMILES string of the molecule is Cc1nc(C(=O)N2C[C@H]3C[C@H]3[C@H]2CNC(=O)c2cccc3occc23)c(-c2cccc(F)c2)s1. The van der Waals surface area contributed by atoms with Gasteiger partial charge >= 0.3 is 0 Å². The Balaban J connectivity index is 1.23. The minimum atomic E-state index is -0.349. The van der Waals surface area contributed by atoms with E-state index in [0.717, 1.165) is 16.8 Å². The molecule has 0 radical (unpaired) electrons. The lowest BCUT2D eigenvalue weighted by molar-refractivity contribution is 0.0690. The number of aromatic nitrogens is 1. The predicted molar refractivity (Wildman–Crippen MR) is 127 cm³/mol. The van der Waals surface area contributed by atoms with Crippen molar-refractivity contribution in [2.45, 2.75) is 19.4 Å². The maximum Gasteiger partial charge on any atom is 0.274 e. The topological polar surface area (TPSA) is 75.4 Å². The van der Waals surface area contributed by atoms with E-state index in [1.807, 2.05) is 17.9 Å². The maximum absolute atomic E-state index is 13.8. The van der Waals surface area contributed by atoms with Crippen molar-refractivity contribution in [2.75, 3.05) is 13.1 Å². The van der Waals surface area contributed by atoms with Crippen LogP contribution in [-0.2, 0) is 0 Å². The van der Waals surface area contributed by atoms with E-state index in [1.165, 1.54) is 23.5 Å². The van der Waals surface area contributed by atoms with Gasteiger partial charge in [0.05, 0.1) is 27.8 Å². The molecule has 1 aliphatic heterocycles. The number of rotatable bonds is 5. The van der Waals surface area contributed by atoms with E-state index in [9.17, 15) is 14.0 Å². The summed E-state index contributed by atoms with van der Waals surface area (Å²) in [7, 11) is 0. The average molecular weight is 476 g/mol. The zero-order chi connectivity index (χ0) is 23.4. The largest absolute Gasteiger partial charge is 0.464 e. The number of hydrogen-bond donors (Lipinski definition) is 1. The summed E-state index contributed by atoms with van der Waals surface area (Å²) in [5, 5.41) is 4.55. The van der Waals surface area contributed by atoms with Gasteiger partial charge in [-0.05, 0) is 61.1 Å². The molecule has 3 atom stereocenters. The van der Waals surface area contributed by atoms with Crippen LogP contribution in [0.1, 0.15) is 32.3 Å². The van der Waals surface area contributed by atoms with Crippen LogP contribution in [0, 0.1) is 24.6 Å². The maximum atomic E-state index is 13.8. The summed E-state index contributed by atoms with van der Waals surface area (Å²) in [6, 6.07) is 13.3. The summed E-state index contributed by atoms with van der Waals surface area (Å²) in [4.78, 5) is 33.6. The Kier molecular flexibility index (Phi) is 4.99. The highest BCUT2D eigenvalue weighted by molar-refractivity contribution is 7.15. The smallest absolute Gasteiger partial charge is 0.274 e. The summed E-state index contributed by atoms with van der Waals surface area (Å²) in [5.74, 6) is 0.143. The van der Waals surface area contributed by atoms with E-state index in [-0.39, 0.29) is 23.7 Å². The highest BCUT2D eigenvalue weighted by Gasteiger charge is 2.54. The molecule has 2 aliphatic rings. The van der Waals surface area contributed by atoms with Gasteiger partial charge in [-0.2, -0.15) is 0 Å². The van der Waals surface area contributed by atoms with Gasteiger partial charge in [0.2, 0.25) is 0 Å². The van der Waals surface area contributed by atoms with Crippen LogP contribution in [0.4, 0.5) is 4.39 Å². The van der Waals surface area contributed by atoms with Gasteiger partial charge < -0.3 is 14.6 Å². The molecule has 3 heterocycles. The Morgan fingerprint density at radius 1 is 1.24 bits per heavy atom. The lowest BCUT2D eigenvalue weighted by atomic mass is 10.1. The molecule has 0 bridgehead atoms. The molecule has 0 spiro atoms. The molecule has 2 fully saturated rings. The fourth-order valence-corrected chi connectivity index (χ4v) is 5.99. The first-order valence-electron chi connectivity index (χ1n) is 11.3. The molecular weight excluding hydrogens is 453 g/mol. The number of thiazole rings is 1. The number of nitrogens with zero attached hydrogens (tertiary/aromatic N) is 2. The summed E-state index contributed by atoms with van der Waals surface area (Å²) < 4.78 is 19.3. The number of halogens is 1. The summed E-state index contributed by atoms with van der Waals surface area (Å²) in [5.41, 5.74) is 2.22. The number of likely N-dealkylation sites (tertiary alicyclic amines) is 1. The van der Waals surface area contributed by atoms with E-state index >= 15 is 0 Å². The second kappa shape index (κ2) is 8.06. The molecule has 1 aliphatic carbocycles. The van der Waals surface area contributed by atoms with E-state index in [4.69, 9.17) is 4.42 Å². The molecule has 0 unspecified atom stereocenters. The van der Waals surface area contributed by atoms with Crippen LogP contribution in [0.3, 0.4) is 0 Å². The van der Waals surface area contributed by atoms with Gasteiger partial charge in [-0.15, -0.1) is 11.3 Å². The van der Waals surface area contributed by atoms with Crippen molar-refractivity contribution >= 4 is 34.1 Å². The molecule has 6 nitrogen and oxygen atoms in total. The third-order valence-electron chi connectivity index (χ3n) is 6.80. The van der Waals surface area contributed by atoms with Crippen LogP contribution in [0.2, 0.25) is 0 Å². The second-order valence-corrected chi connectivity index (χ2v) is 10.2. The molecule has 2 aromatic heterocycles. The van der Waals surface area contributed by atoms with Crippen LogP contribution in [-0.4, -0.2) is 40.8 Å². The van der Waals surface area contributed by atoms with Crippen molar-refractivity contribution in [2.24, 2.45) is 11.8 Å². The van der Waals surface area contributed by atoms with Crippen LogP contribution in [0.15, 0.2) is 59.2 Å². The number of hydrogen-bond acceptors (Lipinski definition) is 5. The van der Waals surface area contributed by atoms with Gasteiger partial charge in [0.25, 0.3) is 11.8 Å². The quantitative estimate of drug-likeness (QED) is 0.446. The Morgan fingerprint density at radius 3 is 2.94 bits per heavy atom. The van der Waals surface area contributed by atoms with E-state index < -0.39 is 0 Å². The van der Waals surface area contributed by atoms with Crippen molar-refractivity contribution in [3.63, 3.8) is 0 Å². The standard InChI is InChI=1S/C26H22FN3O3S/c1-14-29-23(24(34-14)15-4-2-5-17(27)10-15)26(32)30-13-16-11-20(16)21(30)12-28-25(31)19-6-3-7-22-18(19)8-9-33-22/h2-10,16,20-21H,11-13H2,1H3,(H,28,31)/t16-,20-,21-/m1/s1. The monoisotopic (exact) mass is 475 g/mol. The number of amides is 2. The van der Waals surface area contributed by atoms with Crippen molar-refractivity contribution < 1.29 is 18.4 Å². The second-order valence-electron chi connectivity index (χ2n) is 8.95. The van der Waals surface area contributed by atoms with Gasteiger partial charge in [0, 0.05) is 18.5 Å². The Labute approximate surface area is 199 Å². The first-order chi connectivity index (χ1) is 16.5. The molecule has 2 amide bonds. The normalized spacial score (nSPS) is 21.0. The van der Waals surface area contributed by atoms with Crippen molar-refractivity contribution in [1.82, 2.24) is 15.2 Å². The third-order valence-corrected chi connectivity index (χ3v) is 7.82. The predicted octanol–water partition coefficient (Wildman–Crippen LogP) is 4.89. The van der Waals surface area contributed by atoms with Crippen molar-refractivity contribution in [3.8, 4) is 10.4 Å². The van der Waals surface area contributed by atoms with Crippen LogP contribution in [0.25, 0.3) is 21.4 Å². The van der Waals surface area contributed by atoms with E-state index in [2.05, 4.69) is 10.3 Å². The van der Waals surface area contributed by atoms with Gasteiger partial charge in [-0.25, -0.2) is 9.37 Å².